The summed E-state index contributed by atoms with van der Waals surface area (Å²) in [5.41, 5.74) is 2.68. The van der Waals surface area contributed by atoms with Crippen LogP contribution in [-0.4, -0.2) is 4.92 Å². The average molecular weight is 283 g/mol. The van der Waals surface area contributed by atoms with Crippen molar-refractivity contribution in [1.82, 2.24) is 0 Å². The van der Waals surface area contributed by atoms with Gasteiger partial charge in [0, 0.05) is 12.1 Å². The number of hydrogen-bond donors (Lipinski definition) is 0. The molecule has 0 bridgehead atoms. The van der Waals surface area contributed by atoms with Crippen molar-refractivity contribution < 1.29 is 4.92 Å². The minimum atomic E-state index is -0.436. The maximum Gasteiger partial charge on any atom is 0.269 e. The molecule has 2 aromatic rings. The van der Waals surface area contributed by atoms with Crippen LogP contribution in [0.1, 0.15) is 19.4 Å². The Labute approximate surface area is 123 Å². The molecule has 0 aliphatic heterocycles. The SMILES string of the molecule is CC(C)Cc1ccc(N=Nc2ccc([N+](=O)[O-])cc2)cc1. The van der Waals surface area contributed by atoms with E-state index in [-0.39, 0.29) is 5.69 Å². The predicted molar refractivity (Wildman–Crippen MR) is 82.3 cm³/mol. The van der Waals surface area contributed by atoms with E-state index in [1.54, 1.807) is 12.1 Å². The third-order valence-electron chi connectivity index (χ3n) is 2.92. The van der Waals surface area contributed by atoms with Crippen molar-refractivity contribution in [2.24, 2.45) is 16.1 Å². The topological polar surface area (TPSA) is 67.9 Å². The molecule has 0 saturated heterocycles. The van der Waals surface area contributed by atoms with E-state index < -0.39 is 4.92 Å². The van der Waals surface area contributed by atoms with E-state index in [1.165, 1.54) is 17.7 Å². The number of rotatable bonds is 5. The molecular weight excluding hydrogens is 266 g/mol. The highest BCUT2D eigenvalue weighted by molar-refractivity contribution is 5.45. The maximum atomic E-state index is 10.6. The summed E-state index contributed by atoms with van der Waals surface area (Å²) in [6.07, 6.45) is 1.04. The number of benzene rings is 2. The molecule has 0 aliphatic carbocycles. The number of nitro benzene ring substituents is 1. The number of nitro groups is 1. The number of nitrogens with zero attached hydrogens (tertiary/aromatic N) is 3. The molecule has 0 aromatic heterocycles. The van der Waals surface area contributed by atoms with Gasteiger partial charge in [0.05, 0.1) is 16.3 Å². The van der Waals surface area contributed by atoms with E-state index in [4.69, 9.17) is 0 Å². The van der Waals surface area contributed by atoms with Crippen molar-refractivity contribution in [2.45, 2.75) is 20.3 Å². The molecule has 0 heterocycles. The smallest absolute Gasteiger partial charge is 0.258 e. The first kappa shape index (κ1) is 14.8. The van der Waals surface area contributed by atoms with Gasteiger partial charge in [0.2, 0.25) is 0 Å². The fourth-order valence-corrected chi connectivity index (χ4v) is 1.93. The zero-order valence-corrected chi connectivity index (χ0v) is 12.1. The molecule has 5 heteroatoms. The van der Waals surface area contributed by atoms with Crippen molar-refractivity contribution in [1.29, 1.82) is 0 Å². The maximum absolute atomic E-state index is 10.6. The molecule has 0 unspecified atom stereocenters. The van der Waals surface area contributed by atoms with E-state index in [0.29, 0.717) is 11.6 Å². The minimum Gasteiger partial charge on any atom is -0.258 e. The molecule has 0 N–H and O–H groups in total. The van der Waals surface area contributed by atoms with Crippen LogP contribution in [0.3, 0.4) is 0 Å². The lowest BCUT2D eigenvalue weighted by Gasteiger charge is -2.04. The van der Waals surface area contributed by atoms with E-state index in [9.17, 15) is 10.1 Å². The Morgan fingerprint density at radius 3 is 1.86 bits per heavy atom. The Balaban J connectivity index is 2.05. The van der Waals surface area contributed by atoms with E-state index in [0.717, 1.165) is 12.1 Å². The van der Waals surface area contributed by atoms with Crippen LogP contribution in [0.25, 0.3) is 0 Å². The monoisotopic (exact) mass is 283 g/mol. The highest BCUT2D eigenvalue weighted by Gasteiger charge is 2.03. The highest BCUT2D eigenvalue weighted by Crippen LogP contribution is 2.21. The van der Waals surface area contributed by atoms with Crippen molar-refractivity contribution in [3.63, 3.8) is 0 Å². The lowest BCUT2D eigenvalue weighted by atomic mass is 10.0. The minimum absolute atomic E-state index is 0.0481. The van der Waals surface area contributed by atoms with Crippen LogP contribution in [0, 0.1) is 16.0 Å². The zero-order chi connectivity index (χ0) is 15.2. The molecule has 0 spiro atoms. The van der Waals surface area contributed by atoms with Crippen LogP contribution in [0.5, 0.6) is 0 Å². The van der Waals surface area contributed by atoms with Gasteiger partial charge < -0.3 is 0 Å². The van der Waals surface area contributed by atoms with E-state index in [1.807, 2.05) is 24.3 Å². The number of hydrogen-bond acceptors (Lipinski definition) is 4. The first-order chi connectivity index (χ1) is 10.0. The van der Waals surface area contributed by atoms with Crippen LogP contribution < -0.4 is 0 Å². The second-order valence-electron chi connectivity index (χ2n) is 5.24. The van der Waals surface area contributed by atoms with Gasteiger partial charge in [-0.25, -0.2) is 0 Å². The summed E-state index contributed by atoms with van der Waals surface area (Å²) in [6, 6.07) is 13.9. The van der Waals surface area contributed by atoms with Crippen molar-refractivity contribution in [3.05, 3.63) is 64.2 Å². The van der Waals surface area contributed by atoms with Gasteiger partial charge in [-0.05, 0) is 42.2 Å². The van der Waals surface area contributed by atoms with Crippen LogP contribution in [-0.2, 0) is 6.42 Å². The summed E-state index contributed by atoms with van der Waals surface area (Å²) >= 11 is 0. The number of non-ortho nitro benzene ring substituents is 1. The predicted octanol–water partition coefficient (Wildman–Crippen LogP) is 5.21. The van der Waals surface area contributed by atoms with Gasteiger partial charge in [-0.1, -0.05) is 26.0 Å². The van der Waals surface area contributed by atoms with Gasteiger partial charge in [-0.15, -0.1) is 0 Å². The van der Waals surface area contributed by atoms with Crippen LogP contribution >= 0.6 is 0 Å². The van der Waals surface area contributed by atoms with E-state index in [2.05, 4.69) is 24.1 Å². The van der Waals surface area contributed by atoms with Gasteiger partial charge in [0.25, 0.3) is 5.69 Å². The molecule has 0 aliphatic rings. The standard InChI is InChI=1S/C16H17N3O2/c1-12(2)11-13-3-5-14(6-4-13)17-18-15-7-9-16(10-8-15)19(20)21/h3-10,12H,11H2,1-2H3. The summed E-state index contributed by atoms with van der Waals surface area (Å²) in [5, 5.41) is 18.7. The molecule has 0 radical (unpaired) electrons. The molecule has 0 amide bonds. The molecule has 5 nitrogen and oxygen atoms in total. The summed E-state index contributed by atoms with van der Waals surface area (Å²) in [6.45, 7) is 4.37. The Morgan fingerprint density at radius 1 is 0.952 bits per heavy atom. The lowest BCUT2D eigenvalue weighted by Crippen LogP contribution is -1.92. The van der Waals surface area contributed by atoms with Crippen molar-refractivity contribution in [2.75, 3.05) is 0 Å². The van der Waals surface area contributed by atoms with Crippen molar-refractivity contribution >= 4 is 17.1 Å². The van der Waals surface area contributed by atoms with Crippen LogP contribution in [0.2, 0.25) is 0 Å². The Kier molecular flexibility index (Phi) is 4.77. The average Bonchev–Trinajstić information content (AvgIpc) is 2.46. The summed E-state index contributed by atoms with van der Waals surface area (Å²) in [4.78, 5) is 10.1. The van der Waals surface area contributed by atoms with Crippen LogP contribution in [0.15, 0.2) is 58.8 Å². The second-order valence-corrected chi connectivity index (χ2v) is 5.24. The molecule has 21 heavy (non-hydrogen) atoms. The van der Waals surface area contributed by atoms with Gasteiger partial charge >= 0.3 is 0 Å². The molecular formula is C16H17N3O2. The first-order valence-corrected chi connectivity index (χ1v) is 6.80. The first-order valence-electron chi connectivity index (χ1n) is 6.80. The van der Waals surface area contributed by atoms with Gasteiger partial charge in [-0.3, -0.25) is 10.1 Å². The normalized spacial score (nSPS) is 11.2. The Morgan fingerprint density at radius 2 is 1.43 bits per heavy atom. The van der Waals surface area contributed by atoms with E-state index >= 15 is 0 Å². The van der Waals surface area contributed by atoms with Crippen molar-refractivity contribution in [3.8, 4) is 0 Å². The van der Waals surface area contributed by atoms with Gasteiger partial charge in [0.1, 0.15) is 0 Å². The third-order valence-corrected chi connectivity index (χ3v) is 2.92. The quantitative estimate of drug-likeness (QED) is 0.429. The summed E-state index contributed by atoms with van der Waals surface area (Å²) < 4.78 is 0. The highest BCUT2D eigenvalue weighted by atomic mass is 16.6. The van der Waals surface area contributed by atoms with Gasteiger partial charge in [-0.2, -0.15) is 10.2 Å². The fraction of sp³-hybridized carbons (Fsp3) is 0.250. The Bertz CT molecular complexity index is 632. The largest absolute Gasteiger partial charge is 0.269 e. The van der Waals surface area contributed by atoms with Crippen LogP contribution in [0.4, 0.5) is 17.1 Å². The molecule has 2 rings (SSSR count). The molecule has 108 valence electrons. The summed E-state index contributed by atoms with van der Waals surface area (Å²) in [7, 11) is 0. The summed E-state index contributed by atoms with van der Waals surface area (Å²) in [5.74, 6) is 0.623. The Hall–Kier alpha value is -2.56. The molecule has 0 saturated carbocycles. The lowest BCUT2D eigenvalue weighted by molar-refractivity contribution is -0.384. The molecule has 0 fully saturated rings. The molecule has 0 atom stereocenters. The number of azo groups is 1. The van der Waals surface area contributed by atoms with Gasteiger partial charge in [0.15, 0.2) is 0 Å². The third kappa shape index (κ3) is 4.49. The zero-order valence-electron chi connectivity index (χ0n) is 12.1. The molecule has 2 aromatic carbocycles. The second kappa shape index (κ2) is 6.74. The fourth-order valence-electron chi connectivity index (χ4n) is 1.93.